The van der Waals surface area contributed by atoms with Crippen LogP contribution in [-0.2, 0) is 6.42 Å². The Bertz CT molecular complexity index is 946. The zero-order valence-electron chi connectivity index (χ0n) is 12.4. The normalized spacial score (nSPS) is 11.0. The first-order valence-electron chi connectivity index (χ1n) is 6.83. The van der Waals surface area contributed by atoms with E-state index in [0.29, 0.717) is 38.7 Å². The molecule has 0 fully saturated rings. The van der Waals surface area contributed by atoms with E-state index in [1.165, 1.54) is 0 Å². The lowest BCUT2D eigenvalue weighted by molar-refractivity contribution is 0.415. The van der Waals surface area contributed by atoms with Gasteiger partial charge in [0, 0.05) is 17.2 Å². The standard InChI is InChI=1S/C16H11Cl4N3O/c1-24-12-3-2-7(4-9(12)17)5-11-8-6-10(18)14(19)15(21)13(8)16(20)23-22-11/h2-4,6H,5,21H2,1H3. The fourth-order valence-electron chi connectivity index (χ4n) is 2.45. The van der Waals surface area contributed by atoms with Crippen molar-refractivity contribution < 1.29 is 4.74 Å². The van der Waals surface area contributed by atoms with Crippen molar-refractivity contribution in [2.24, 2.45) is 0 Å². The predicted molar refractivity (Wildman–Crippen MR) is 99.8 cm³/mol. The molecule has 8 heteroatoms. The van der Waals surface area contributed by atoms with Gasteiger partial charge in [-0.25, -0.2) is 0 Å². The summed E-state index contributed by atoms with van der Waals surface area (Å²) in [6, 6.07) is 7.19. The minimum absolute atomic E-state index is 0.178. The number of nitrogens with zero attached hydrogens (tertiary/aromatic N) is 2. The van der Waals surface area contributed by atoms with Crippen LogP contribution in [0.1, 0.15) is 11.3 Å². The van der Waals surface area contributed by atoms with E-state index < -0.39 is 0 Å². The van der Waals surface area contributed by atoms with E-state index >= 15 is 0 Å². The summed E-state index contributed by atoms with van der Waals surface area (Å²) in [6.45, 7) is 0. The Morgan fingerprint density at radius 1 is 1.04 bits per heavy atom. The molecule has 3 aromatic rings. The highest BCUT2D eigenvalue weighted by Gasteiger charge is 2.16. The number of nitrogen functional groups attached to an aromatic ring is 1. The molecule has 0 aliphatic rings. The molecule has 0 bridgehead atoms. The van der Waals surface area contributed by atoms with Crippen LogP contribution >= 0.6 is 46.4 Å². The van der Waals surface area contributed by atoms with E-state index in [2.05, 4.69) is 10.2 Å². The number of benzene rings is 2. The van der Waals surface area contributed by atoms with Crippen molar-refractivity contribution in [3.05, 3.63) is 55.7 Å². The largest absolute Gasteiger partial charge is 0.495 e. The van der Waals surface area contributed by atoms with Crippen molar-refractivity contribution in [2.45, 2.75) is 6.42 Å². The molecule has 0 saturated carbocycles. The molecule has 0 aliphatic carbocycles. The summed E-state index contributed by atoms with van der Waals surface area (Å²) in [4.78, 5) is 0. The summed E-state index contributed by atoms with van der Waals surface area (Å²) in [5.74, 6) is 0.603. The molecule has 0 spiro atoms. The van der Waals surface area contributed by atoms with Crippen LogP contribution in [0.25, 0.3) is 10.8 Å². The van der Waals surface area contributed by atoms with Gasteiger partial charge in [0.2, 0.25) is 0 Å². The molecule has 24 heavy (non-hydrogen) atoms. The van der Waals surface area contributed by atoms with Gasteiger partial charge in [-0.15, -0.1) is 5.10 Å². The molecule has 0 unspecified atom stereocenters. The van der Waals surface area contributed by atoms with Crippen LogP contribution in [0, 0.1) is 0 Å². The molecule has 0 saturated heterocycles. The molecule has 4 nitrogen and oxygen atoms in total. The molecule has 2 N–H and O–H groups in total. The SMILES string of the molecule is COc1ccc(Cc2nnc(Cl)c3c(N)c(Cl)c(Cl)cc23)cc1Cl. The highest BCUT2D eigenvalue weighted by molar-refractivity contribution is 6.46. The molecule has 3 rings (SSSR count). The van der Waals surface area contributed by atoms with E-state index in [0.717, 1.165) is 5.56 Å². The molecule has 0 atom stereocenters. The molecular weight excluding hydrogens is 392 g/mol. The second-order valence-electron chi connectivity index (χ2n) is 5.09. The lowest BCUT2D eigenvalue weighted by Crippen LogP contribution is -2.01. The maximum absolute atomic E-state index is 6.17. The van der Waals surface area contributed by atoms with Crippen LogP contribution in [0.5, 0.6) is 5.75 Å². The average Bonchev–Trinajstić information content (AvgIpc) is 2.55. The second kappa shape index (κ2) is 6.81. The number of ether oxygens (including phenoxy) is 1. The van der Waals surface area contributed by atoms with Crippen molar-refractivity contribution in [3.8, 4) is 5.75 Å². The number of rotatable bonds is 3. The van der Waals surface area contributed by atoms with Crippen molar-refractivity contribution >= 4 is 62.9 Å². The third-order valence-electron chi connectivity index (χ3n) is 3.62. The highest BCUT2D eigenvalue weighted by Crippen LogP contribution is 2.39. The second-order valence-corrected chi connectivity index (χ2v) is 6.64. The Labute approximate surface area is 158 Å². The van der Waals surface area contributed by atoms with Crippen LogP contribution in [0.3, 0.4) is 0 Å². The van der Waals surface area contributed by atoms with Crippen molar-refractivity contribution in [1.82, 2.24) is 10.2 Å². The van der Waals surface area contributed by atoms with Gasteiger partial charge in [-0.1, -0.05) is 52.5 Å². The summed E-state index contributed by atoms with van der Waals surface area (Å²) in [7, 11) is 1.56. The molecular formula is C16H11Cl4N3O. The number of fused-ring (bicyclic) bond motifs is 1. The number of nitrogens with two attached hydrogens (primary N) is 1. The monoisotopic (exact) mass is 401 g/mol. The summed E-state index contributed by atoms with van der Waals surface area (Å²) in [5.41, 5.74) is 7.92. The first-order chi connectivity index (χ1) is 11.4. The average molecular weight is 403 g/mol. The van der Waals surface area contributed by atoms with Gasteiger partial charge in [-0.2, -0.15) is 5.10 Å². The van der Waals surface area contributed by atoms with E-state index in [4.69, 9.17) is 56.9 Å². The fourth-order valence-corrected chi connectivity index (χ4v) is 3.33. The van der Waals surface area contributed by atoms with Gasteiger partial charge >= 0.3 is 0 Å². The van der Waals surface area contributed by atoms with Crippen LogP contribution in [0.2, 0.25) is 20.2 Å². The topological polar surface area (TPSA) is 61.0 Å². The van der Waals surface area contributed by atoms with E-state index in [9.17, 15) is 0 Å². The Kier molecular flexibility index (Phi) is 4.92. The lowest BCUT2D eigenvalue weighted by Gasteiger charge is -2.11. The minimum Gasteiger partial charge on any atom is -0.495 e. The quantitative estimate of drug-likeness (QED) is 0.593. The molecule has 124 valence electrons. The maximum atomic E-state index is 6.17. The minimum atomic E-state index is 0.178. The van der Waals surface area contributed by atoms with Crippen molar-refractivity contribution in [2.75, 3.05) is 12.8 Å². The van der Waals surface area contributed by atoms with Gasteiger partial charge in [0.15, 0.2) is 5.15 Å². The molecule has 0 radical (unpaired) electrons. The number of methoxy groups -OCH3 is 1. The number of hydrogen-bond donors (Lipinski definition) is 1. The van der Waals surface area contributed by atoms with Gasteiger partial charge in [0.1, 0.15) is 5.75 Å². The van der Waals surface area contributed by atoms with Crippen LogP contribution < -0.4 is 10.5 Å². The molecule has 2 aromatic carbocycles. The maximum Gasteiger partial charge on any atom is 0.161 e. The smallest absolute Gasteiger partial charge is 0.161 e. The zero-order valence-corrected chi connectivity index (χ0v) is 15.4. The van der Waals surface area contributed by atoms with E-state index in [-0.39, 0.29) is 15.9 Å². The van der Waals surface area contributed by atoms with Gasteiger partial charge in [-0.3, -0.25) is 0 Å². The fraction of sp³-hybridized carbons (Fsp3) is 0.125. The van der Waals surface area contributed by atoms with Crippen molar-refractivity contribution in [3.63, 3.8) is 0 Å². The Morgan fingerprint density at radius 2 is 1.79 bits per heavy atom. The summed E-state index contributed by atoms with van der Waals surface area (Å²) >= 11 is 24.5. The Hall–Kier alpha value is -1.46. The molecule has 1 heterocycles. The number of aromatic nitrogens is 2. The predicted octanol–water partition coefficient (Wildman–Crippen LogP) is 5.43. The van der Waals surface area contributed by atoms with Gasteiger partial charge in [0.25, 0.3) is 0 Å². The summed E-state index contributed by atoms with van der Waals surface area (Å²) in [6.07, 6.45) is 0.474. The Morgan fingerprint density at radius 3 is 2.46 bits per heavy atom. The Balaban J connectivity index is 2.14. The first kappa shape index (κ1) is 17.4. The van der Waals surface area contributed by atoms with E-state index in [1.807, 2.05) is 12.1 Å². The first-order valence-corrected chi connectivity index (χ1v) is 8.34. The van der Waals surface area contributed by atoms with Crippen LogP contribution in [0.15, 0.2) is 24.3 Å². The zero-order chi connectivity index (χ0) is 17.4. The molecule has 0 amide bonds. The van der Waals surface area contributed by atoms with E-state index in [1.54, 1.807) is 19.2 Å². The molecule has 1 aromatic heterocycles. The van der Waals surface area contributed by atoms with Crippen molar-refractivity contribution in [1.29, 1.82) is 0 Å². The van der Waals surface area contributed by atoms with Crippen LogP contribution in [0.4, 0.5) is 5.69 Å². The highest BCUT2D eigenvalue weighted by atomic mass is 35.5. The number of anilines is 1. The number of halogens is 4. The third kappa shape index (κ3) is 3.07. The lowest BCUT2D eigenvalue weighted by atomic mass is 10.0. The van der Waals surface area contributed by atoms with Gasteiger partial charge < -0.3 is 10.5 Å². The summed E-state index contributed by atoms with van der Waals surface area (Å²) < 4.78 is 5.15. The van der Waals surface area contributed by atoms with Crippen LogP contribution in [-0.4, -0.2) is 17.3 Å². The molecule has 0 aliphatic heterocycles. The summed E-state index contributed by atoms with van der Waals surface area (Å²) in [5, 5.41) is 10.7. The third-order valence-corrected chi connectivity index (χ3v) is 4.98. The van der Waals surface area contributed by atoms with Gasteiger partial charge in [0.05, 0.1) is 33.6 Å². The number of hydrogen-bond acceptors (Lipinski definition) is 4. The van der Waals surface area contributed by atoms with Gasteiger partial charge in [-0.05, 0) is 23.8 Å².